The highest BCUT2D eigenvalue weighted by atomic mass is 16.2. The third-order valence-corrected chi connectivity index (χ3v) is 6.04. The van der Waals surface area contributed by atoms with Crippen LogP contribution in [0, 0.1) is 11.3 Å². The normalized spacial score (nSPS) is 25.2. The van der Waals surface area contributed by atoms with Crippen LogP contribution in [0.4, 0.5) is 5.69 Å². The van der Waals surface area contributed by atoms with Gasteiger partial charge in [-0.25, -0.2) is 9.78 Å². The Morgan fingerprint density at radius 2 is 2.12 bits per heavy atom. The van der Waals surface area contributed by atoms with Crippen LogP contribution in [0.15, 0.2) is 21.9 Å². The lowest BCUT2D eigenvalue weighted by Gasteiger charge is -2.37. The fraction of sp³-hybridized carbons (Fsp3) is 0.556. The molecule has 0 spiro atoms. The minimum Gasteiger partial charge on any atom is -0.324 e. The molecule has 1 aliphatic heterocycles. The zero-order chi connectivity index (χ0) is 18.5. The van der Waals surface area contributed by atoms with Crippen LogP contribution in [0.5, 0.6) is 0 Å². The second-order valence-corrected chi connectivity index (χ2v) is 7.48. The van der Waals surface area contributed by atoms with Crippen molar-refractivity contribution in [3.8, 4) is 0 Å². The Morgan fingerprint density at radius 1 is 1.31 bits per heavy atom. The number of fused-ring (bicyclic) bond motifs is 2. The van der Waals surface area contributed by atoms with E-state index in [1.54, 1.807) is 13.1 Å². The van der Waals surface area contributed by atoms with Crippen LogP contribution < -0.4 is 21.9 Å². The van der Waals surface area contributed by atoms with Crippen LogP contribution in [0.3, 0.4) is 0 Å². The highest BCUT2D eigenvalue weighted by Gasteiger charge is 2.49. The lowest BCUT2D eigenvalue weighted by Crippen LogP contribution is -2.44. The molecule has 0 unspecified atom stereocenters. The summed E-state index contributed by atoms with van der Waals surface area (Å²) in [6.07, 6.45) is 5.69. The molecule has 2 N–H and O–H groups in total. The molecule has 2 atom stereocenters. The zero-order valence-electron chi connectivity index (χ0n) is 15.0. The highest BCUT2D eigenvalue weighted by molar-refractivity contribution is 5.97. The zero-order valence-corrected chi connectivity index (χ0v) is 15.0. The maximum atomic E-state index is 13.1. The summed E-state index contributed by atoms with van der Waals surface area (Å²) in [6.45, 7) is 1.58. The van der Waals surface area contributed by atoms with Crippen LogP contribution in [0.25, 0.3) is 11.0 Å². The summed E-state index contributed by atoms with van der Waals surface area (Å²) >= 11 is 0. The van der Waals surface area contributed by atoms with Crippen LogP contribution in [0.1, 0.15) is 25.7 Å². The van der Waals surface area contributed by atoms with Crippen LogP contribution in [0.2, 0.25) is 0 Å². The first-order chi connectivity index (χ1) is 12.4. The van der Waals surface area contributed by atoms with Gasteiger partial charge < -0.3 is 10.6 Å². The molecule has 1 saturated carbocycles. The van der Waals surface area contributed by atoms with E-state index in [2.05, 4.69) is 15.6 Å². The average molecular weight is 357 g/mol. The van der Waals surface area contributed by atoms with Crippen molar-refractivity contribution >= 4 is 22.6 Å². The van der Waals surface area contributed by atoms with Crippen molar-refractivity contribution in [2.24, 2.45) is 25.4 Å². The molecule has 3 heterocycles. The first-order valence-corrected chi connectivity index (χ1v) is 9.02. The molecule has 2 aromatic rings. The van der Waals surface area contributed by atoms with Gasteiger partial charge in [0, 0.05) is 20.6 Å². The van der Waals surface area contributed by atoms with Gasteiger partial charge in [-0.05, 0) is 31.4 Å². The van der Waals surface area contributed by atoms with E-state index in [0.29, 0.717) is 29.2 Å². The molecule has 0 aromatic carbocycles. The van der Waals surface area contributed by atoms with Crippen molar-refractivity contribution in [2.75, 3.05) is 18.4 Å². The Bertz CT molecular complexity index is 1010. The van der Waals surface area contributed by atoms with Crippen molar-refractivity contribution in [2.45, 2.75) is 25.7 Å². The summed E-state index contributed by atoms with van der Waals surface area (Å²) in [5, 5.41) is 6.65. The molecular formula is C18H23N5O3. The second-order valence-electron chi connectivity index (χ2n) is 7.48. The number of carbonyl (C=O) groups excluding carboxylic acids is 1. The fourth-order valence-corrected chi connectivity index (χ4v) is 4.48. The second kappa shape index (κ2) is 6.05. The summed E-state index contributed by atoms with van der Waals surface area (Å²) in [5.41, 5.74) is -0.409. The van der Waals surface area contributed by atoms with Gasteiger partial charge >= 0.3 is 5.69 Å². The fourth-order valence-electron chi connectivity index (χ4n) is 4.48. The molecule has 26 heavy (non-hydrogen) atoms. The van der Waals surface area contributed by atoms with Crippen molar-refractivity contribution in [3.63, 3.8) is 0 Å². The lowest BCUT2D eigenvalue weighted by atomic mass is 9.67. The predicted octanol–water partition coefficient (Wildman–Crippen LogP) is 0.351. The van der Waals surface area contributed by atoms with E-state index in [0.717, 1.165) is 30.4 Å². The Balaban J connectivity index is 1.71. The molecule has 1 aliphatic carbocycles. The van der Waals surface area contributed by atoms with Gasteiger partial charge in [-0.3, -0.25) is 18.7 Å². The Labute approximate surface area is 150 Å². The van der Waals surface area contributed by atoms with Gasteiger partial charge in [0.05, 0.1) is 22.7 Å². The molecule has 0 radical (unpaired) electrons. The Kier molecular flexibility index (Phi) is 3.95. The van der Waals surface area contributed by atoms with Crippen LogP contribution >= 0.6 is 0 Å². The van der Waals surface area contributed by atoms with Gasteiger partial charge in [0.25, 0.3) is 5.56 Å². The SMILES string of the molecule is Cn1c(=O)c2cc(NC(=O)[C@@]34CCCC[C@H]3CNC4)cnc2n(C)c1=O. The van der Waals surface area contributed by atoms with E-state index in [1.165, 1.54) is 24.2 Å². The molecule has 2 aromatic heterocycles. The van der Waals surface area contributed by atoms with E-state index in [4.69, 9.17) is 0 Å². The topological polar surface area (TPSA) is 98.0 Å². The largest absolute Gasteiger partial charge is 0.332 e. The molecule has 2 aliphatic rings. The number of pyridine rings is 1. The van der Waals surface area contributed by atoms with Crippen molar-refractivity contribution < 1.29 is 4.79 Å². The van der Waals surface area contributed by atoms with E-state index in [1.807, 2.05) is 0 Å². The Hall–Kier alpha value is -2.48. The minimum absolute atomic E-state index is 0.00464. The summed E-state index contributed by atoms with van der Waals surface area (Å²) < 4.78 is 2.38. The summed E-state index contributed by atoms with van der Waals surface area (Å²) in [6, 6.07) is 1.61. The number of rotatable bonds is 2. The van der Waals surface area contributed by atoms with Crippen molar-refractivity contribution in [1.29, 1.82) is 0 Å². The Morgan fingerprint density at radius 3 is 2.92 bits per heavy atom. The molecule has 138 valence electrons. The number of nitrogens with zero attached hydrogens (tertiary/aromatic N) is 3. The molecule has 0 bridgehead atoms. The highest BCUT2D eigenvalue weighted by Crippen LogP contribution is 2.44. The molecular weight excluding hydrogens is 334 g/mol. The number of carbonyl (C=O) groups is 1. The number of anilines is 1. The quantitative estimate of drug-likeness (QED) is 0.808. The van der Waals surface area contributed by atoms with E-state index in [-0.39, 0.29) is 11.3 Å². The van der Waals surface area contributed by atoms with E-state index in [9.17, 15) is 14.4 Å². The first-order valence-electron chi connectivity index (χ1n) is 9.02. The molecule has 2 fully saturated rings. The summed E-state index contributed by atoms with van der Waals surface area (Å²) in [7, 11) is 3.01. The first kappa shape index (κ1) is 17.0. The van der Waals surface area contributed by atoms with Gasteiger partial charge in [-0.15, -0.1) is 0 Å². The standard InChI is InChI=1S/C18H23N5O3/c1-22-14-13(15(24)23(2)17(22)26)7-12(9-20-14)21-16(25)18-6-4-3-5-11(18)8-19-10-18/h7,9,11,19H,3-6,8,10H2,1-2H3,(H,21,25)/t11-,18+/m0/s1. The van der Waals surface area contributed by atoms with E-state index >= 15 is 0 Å². The number of nitrogens with one attached hydrogen (secondary N) is 2. The lowest BCUT2D eigenvalue weighted by molar-refractivity contribution is -0.128. The maximum absolute atomic E-state index is 13.1. The van der Waals surface area contributed by atoms with Gasteiger partial charge in [0.15, 0.2) is 0 Å². The number of aryl methyl sites for hydroxylation is 1. The average Bonchev–Trinajstić information content (AvgIpc) is 3.10. The van der Waals surface area contributed by atoms with Gasteiger partial charge in [-0.1, -0.05) is 12.8 Å². The van der Waals surface area contributed by atoms with Gasteiger partial charge in [0.1, 0.15) is 5.65 Å². The number of hydrogen-bond donors (Lipinski definition) is 2. The number of amides is 1. The van der Waals surface area contributed by atoms with Gasteiger partial charge in [0.2, 0.25) is 5.91 Å². The molecule has 4 rings (SSSR count). The smallest absolute Gasteiger partial charge is 0.324 e. The monoisotopic (exact) mass is 357 g/mol. The van der Waals surface area contributed by atoms with Crippen molar-refractivity contribution in [3.05, 3.63) is 33.1 Å². The third kappa shape index (κ3) is 2.39. The summed E-state index contributed by atoms with van der Waals surface area (Å²) in [5.74, 6) is 0.355. The number of aromatic nitrogens is 3. The predicted molar refractivity (Wildman–Crippen MR) is 98.1 cm³/mol. The minimum atomic E-state index is -0.423. The van der Waals surface area contributed by atoms with E-state index < -0.39 is 11.2 Å². The molecule has 1 amide bonds. The molecule has 8 heteroatoms. The molecule has 8 nitrogen and oxygen atoms in total. The van der Waals surface area contributed by atoms with Gasteiger partial charge in [-0.2, -0.15) is 0 Å². The van der Waals surface area contributed by atoms with Crippen molar-refractivity contribution in [1.82, 2.24) is 19.4 Å². The summed E-state index contributed by atoms with van der Waals surface area (Å²) in [4.78, 5) is 41.7. The number of hydrogen-bond acceptors (Lipinski definition) is 5. The molecule has 1 saturated heterocycles. The van der Waals surface area contributed by atoms with Crippen LogP contribution in [-0.4, -0.2) is 33.1 Å². The van der Waals surface area contributed by atoms with Crippen LogP contribution in [-0.2, 0) is 18.9 Å². The third-order valence-electron chi connectivity index (χ3n) is 6.04. The maximum Gasteiger partial charge on any atom is 0.332 e.